The van der Waals surface area contributed by atoms with Crippen LogP contribution in [0.2, 0.25) is 5.02 Å². The van der Waals surface area contributed by atoms with E-state index in [1.807, 2.05) is 35.0 Å². The van der Waals surface area contributed by atoms with Gasteiger partial charge >= 0.3 is 0 Å². The summed E-state index contributed by atoms with van der Waals surface area (Å²) in [7, 11) is 0. The van der Waals surface area contributed by atoms with Crippen molar-refractivity contribution < 1.29 is 9.32 Å². The number of anilines is 1. The lowest BCUT2D eigenvalue weighted by atomic mass is 10.1. The molecule has 1 N–H and O–H groups in total. The van der Waals surface area contributed by atoms with Gasteiger partial charge in [-0.15, -0.1) is 5.10 Å². The Morgan fingerprint density at radius 2 is 2.07 bits per heavy atom. The predicted octanol–water partition coefficient (Wildman–Crippen LogP) is 2.60. The van der Waals surface area contributed by atoms with E-state index in [0.29, 0.717) is 12.6 Å². The first-order chi connectivity index (χ1) is 14.2. The molecule has 1 aliphatic heterocycles. The van der Waals surface area contributed by atoms with E-state index in [1.54, 1.807) is 11.2 Å². The van der Waals surface area contributed by atoms with Crippen LogP contribution < -0.4 is 9.80 Å². The molecule has 1 atom stereocenters. The van der Waals surface area contributed by atoms with Crippen LogP contribution in [-0.2, 0) is 6.54 Å². The number of halogens is 1. The molecular weight excluding hydrogens is 388 g/mol. The monoisotopic (exact) mass is 415 g/mol. The number of aromatic nitrogens is 4. The summed E-state index contributed by atoms with van der Waals surface area (Å²) >= 11 is 6.18. The maximum Gasteiger partial charge on any atom is 0.209 e. The number of nitrogens with one attached hydrogen (secondary N) is 1. The normalized spacial score (nSPS) is 16.3. The smallest absolute Gasteiger partial charge is 0.209 e. The van der Waals surface area contributed by atoms with Crippen molar-refractivity contribution in [1.82, 2.24) is 20.2 Å². The van der Waals surface area contributed by atoms with Gasteiger partial charge in [0.15, 0.2) is 0 Å². The summed E-state index contributed by atoms with van der Waals surface area (Å²) in [5, 5.41) is 13.4. The Kier molecular flexibility index (Phi) is 6.46. The first-order valence-electron chi connectivity index (χ1n) is 10.4. The fraction of sp³-hybridized carbons (Fsp3) is 0.476. The molecule has 0 radical (unpaired) electrons. The zero-order valence-corrected chi connectivity index (χ0v) is 17.6. The third-order valence-corrected chi connectivity index (χ3v) is 5.91. The van der Waals surface area contributed by atoms with Crippen LogP contribution in [0.1, 0.15) is 43.8 Å². The Morgan fingerprint density at radius 1 is 1.21 bits per heavy atom. The molecule has 0 unspecified atom stereocenters. The van der Waals surface area contributed by atoms with E-state index in [-0.39, 0.29) is 0 Å². The van der Waals surface area contributed by atoms with E-state index >= 15 is 0 Å². The number of quaternary nitrogens is 1. The minimum Gasteiger partial charge on any atom is -0.467 e. The van der Waals surface area contributed by atoms with Crippen LogP contribution in [0.15, 0.2) is 47.1 Å². The van der Waals surface area contributed by atoms with Gasteiger partial charge in [-0.1, -0.05) is 31.0 Å². The highest BCUT2D eigenvalue weighted by Crippen LogP contribution is 2.20. The number of nitrogens with zero attached hydrogens (tertiary/aromatic N) is 5. The van der Waals surface area contributed by atoms with Gasteiger partial charge in [0, 0.05) is 17.1 Å². The highest BCUT2D eigenvalue weighted by molar-refractivity contribution is 6.30. The second-order valence-corrected chi connectivity index (χ2v) is 8.03. The average molecular weight is 416 g/mol. The van der Waals surface area contributed by atoms with E-state index < -0.39 is 0 Å². The molecule has 0 spiro atoms. The standard InChI is InChI=1S/C21H27ClN6O/c1-2-3-9-20(21-23-24-25-28(21)16-19-8-5-14-29-19)27-12-10-26(11-13-27)18-7-4-6-17(22)15-18/h4-8,14-15,20H,2-3,9-13,16H2,1H3/p+1/t20-/m1/s1. The Balaban J connectivity index is 1.48. The van der Waals surface area contributed by atoms with E-state index in [9.17, 15) is 0 Å². The molecule has 0 amide bonds. The van der Waals surface area contributed by atoms with Crippen LogP contribution in [0.4, 0.5) is 5.69 Å². The summed E-state index contributed by atoms with van der Waals surface area (Å²) in [6.07, 6.45) is 5.10. The van der Waals surface area contributed by atoms with Crippen LogP contribution in [0.25, 0.3) is 0 Å². The first-order valence-corrected chi connectivity index (χ1v) is 10.8. The molecule has 1 saturated heterocycles. The van der Waals surface area contributed by atoms with Gasteiger partial charge in [-0.25, -0.2) is 4.68 Å². The maximum absolute atomic E-state index is 6.18. The number of rotatable bonds is 8. The van der Waals surface area contributed by atoms with Crippen molar-refractivity contribution in [2.45, 2.75) is 38.8 Å². The zero-order chi connectivity index (χ0) is 20.1. The molecule has 3 aromatic rings. The number of hydrogen-bond acceptors (Lipinski definition) is 5. The van der Waals surface area contributed by atoms with Crippen LogP contribution in [0, 0.1) is 0 Å². The molecule has 1 fully saturated rings. The number of unbranched alkanes of at least 4 members (excludes halogenated alkanes) is 1. The number of tetrazole rings is 1. The van der Waals surface area contributed by atoms with Crippen molar-refractivity contribution in [2.24, 2.45) is 0 Å². The quantitative estimate of drug-likeness (QED) is 0.612. The summed E-state index contributed by atoms with van der Waals surface area (Å²) in [6.45, 7) is 6.90. The molecule has 1 aliphatic rings. The van der Waals surface area contributed by atoms with Gasteiger partial charge in [-0.2, -0.15) is 0 Å². The van der Waals surface area contributed by atoms with Crippen LogP contribution in [0.3, 0.4) is 0 Å². The fourth-order valence-corrected chi connectivity index (χ4v) is 4.31. The second-order valence-electron chi connectivity index (χ2n) is 7.59. The Hall–Kier alpha value is -2.38. The third-order valence-electron chi connectivity index (χ3n) is 5.68. The van der Waals surface area contributed by atoms with Gasteiger partial charge in [0.25, 0.3) is 0 Å². The maximum atomic E-state index is 6.18. The van der Waals surface area contributed by atoms with Gasteiger partial charge in [0.2, 0.25) is 5.82 Å². The van der Waals surface area contributed by atoms with E-state index in [4.69, 9.17) is 16.0 Å². The van der Waals surface area contributed by atoms with Crippen LogP contribution in [-0.4, -0.2) is 46.4 Å². The lowest BCUT2D eigenvalue weighted by molar-refractivity contribution is -0.933. The van der Waals surface area contributed by atoms with Gasteiger partial charge < -0.3 is 14.2 Å². The van der Waals surface area contributed by atoms with Gasteiger partial charge in [-0.3, -0.25) is 0 Å². The second kappa shape index (κ2) is 9.41. The molecule has 7 nitrogen and oxygen atoms in total. The van der Waals surface area contributed by atoms with Crippen molar-refractivity contribution in [2.75, 3.05) is 31.1 Å². The number of piperazine rings is 1. The summed E-state index contributed by atoms with van der Waals surface area (Å²) in [4.78, 5) is 3.96. The van der Waals surface area contributed by atoms with E-state index in [0.717, 1.165) is 55.6 Å². The molecule has 8 heteroatoms. The average Bonchev–Trinajstić information content (AvgIpc) is 3.42. The molecule has 29 heavy (non-hydrogen) atoms. The van der Waals surface area contributed by atoms with Gasteiger partial charge in [0.05, 0.1) is 32.4 Å². The molecule has 0 aliphatic carbocycles. The van der Waals surface area contributed by atoms with Crippen molar-refractivity contribution in [3.8, 4) is 0 Å². The molecule has 1 aromatic carbocycles. The fourth-order valence-electron chi connectivity index (χ4n) is 4.12. The molecule has 154 valence electrons. The predicted molar refractivity (Wildman–Crippen MR) is 112 cm³/mol. The number of hydrogen-bond donors (Lipinski definition) is 1. The molecular formula is C21H28ClN6O+. The molecule has 3 heterocycles. The number of benzene rings is 1. The van der Waals surface area contributed by atoms with Crippen molar-refractivity contribution in [3.63, 3.8) is 0 Å². The van der Waals surface area contributed by atoms with Gasteiger partial charge in [-0.05, 0) is 47.2 Å². The lowest BCUT2D eigenvalue weighted by Gasteiger charge is -2.37. The largest absolute Gasteiger partial charge is 0.467 e. The summed E-state index contributed by atoms with van der Waals surface area (Å²) < 4.78 is 7.40. The van der Waals surface area contributed by atoms with E-state index in [1.165, 1.54) is 12.1 Å². The van der Waals surface area contributed by atoms with Crippen molar-refractivity contribution >= 4 is 17.3 Å². The highest BCUT2D eigenvalue weighted by atomic mass is 35.5. The minimum absolute atomic E-state index is 0.293. The Labute approximate surface area is 176 Å². The molecule has 0 bridgehead atoms. The summed E-state index contributed by atoms with van der Waals surface area (Å²) in [5.74, 6) is 1.83. The van der Waals surface area contributed by atoms with Crippen LogP contribution in [0.5, 0.6) is 0 Å². The summed E-state index contributed by atoms with van der Waals surface area (Å²) in [6, 6.07) is 12.3. The highest BCUT2D eigenvalue weighted by Gasteiger charge is 2.32. The third kappa shape index (κ3) is 4.79. The van der Waals surface area contributed by atoms with E-state index in [2.05, 4.69) is 33.4 Å². The Bertz CT molecular complexity index is 888. The van der Waals surface area contributed by atoms with Gasteiger partial charge in [0.1, 0.15) is 18.3 Å². The minimum atomic E-state index is 0.293. The molecule has 4 rings (SSSR count). The number of furan rings is 1. The summed E-state index contributed by atoms with van der Waals surface area (Å²) in [5.41, 5.74) is 1.20. The SMILES string of the molecule is CCCC[C@H](c1nnnn1Cc1ccco1)[NH+]1CCN(c2cccc(Cl)c2)CC1. The Morgan fingerprint density at radius 3 is 2.79 bits per heavy atom. The lowest BCUT2D eigenvalue weighted by Crippen LogP contribution is -3.15. The topological polar surface area (TPSA) is 64.4 Å². The van der Waals surface area contributed by atoms with Crippen molar-refractivity contribution in [1.29, 1.82) is 0 Å². The first kappa shape index (κ1) is 19.9. The van der Waals surface area contributed by atoms with Crippen molar-refractivity contribution in [3.05, 3.63) is 59.3 Å². The molecule has 0 saturated carbocycles. The van der Waals surface area contributed by atoms with Crippen LogP contribution >= 0.6 is 11.6 Å². The zero-order valence-electron chi connectivity index (χ0n) is 16.8. The molecule has 2 aromatic heterocycles.